The number of nitrogens with zero attached hydrogens (tertiary/aromatic N) is 5. The Balaban J connectivity index is 0.000000365. The summed E-state index contributed by atoms with van der Waals surface area (Å²) >= 11 is 0. The minimum Gasteiger partial charge on any atom is -0.475 e. The van der Waals surface area contributed by atoms with E-state index < -0.39 is 46.3 Å². The van der Waals surface area contributed by atoms with Crippen molar-refractivity contribution in [1.29, 1.82) is 0 Å². The van der Waals surface area contributed by atoms with Crippen molar-refractivity contribution in [1.82, 2.24) is 20.2 Å². The molecular formula is C28H25F9N6O8S. The van der Waals surface area contributed by atoms with E-state index in [4.69, 9.17) is 29.7 Å². The van der Waals surface area contributed by atoms with Crippen LogP contribution in [0, 0.1) is 0 Å². The molecule has 14 nitrogen and oxygen atoms in total. The Bertz CT molecular complexity index is 1890. The van der Waals surface area contributed by atoms with Gasteiger partial charge < -0.3 is 25.1 Å². The molecule has 0 saturated carbocycles. The lowest BCUT2D eigenvalue weighted by Gasteiger charge is -2.37. The van der Waals surface area contributed by atoms with E-state index in [1.54, 1.807) is 24.7 Å². The zero-order valence-corrected chi connectivity index (χ0v) is 26.8. The van der Waals surface area contributed by atoms with E-state index in [2.05, 4.69) is 36.0 Å². The predicted molar refractivity (Wildman–Crippen MR) is 162 cm³/mol. The highest BCUT2D eigenvalue weighted by Gasteiger charge is 2.39. The minimum absolute atomic E-state index is 0.376. The number of rotatable bonds is 4. The first-order valence-corrected chi connectivity index (χ1v) is 15.7. The number of piperazine rings is 1. The smallest absolute Gasteiger partial charge is 0.475 e. The number of nitrogens with one attached hydrogen (secondary N) is 1. The predicted octanol–water partition coefficient (Wildman–Crippen LogP) is 4.65. The lowest BCUT2D eigenvalue weighted by Crippen LogP contribution is -2.47. The number of aromatic amines is 1. The highest BCUT2D eigenvalue weighted by Crippen LogP contribution is 2.31. The zero-order valence-electron chi connectivity index (χ0n) is 26.0. The number of carboxylic acids is 3. The molecule has 4 N–H and O–H groups in total. The number of hydrogen-bond acceptors (Lipinski definition) is 10. The summed E-state index contributed by atoms with van der Waals surface area (Å²) in [5.74, 6) is -7.38. The third-order valence-electron chi connectivity index (χ3n) is 6.36. The van der Waals surface area contributed by atoms with Crippen LogP contribution < -0.4 is 9.80 Å². The number of sulfone groups is 1. The molecule has 52 heavy (non-hydrogen) atoms. The molecule has 2 aromatic heterocycles. The number of alkyl halides is 9. The first-order valence-electron chi connectivity index (χ1n) is 13.8. The molecule has 5 rings (SSSR count). The summed E-state index contributed by atoms with van der Waals surface area (Å²) in [6.07, 6.45) is -8.74. The lowest BCUT2D eigenvalue weighted by atomic mass is 10.1. The fourth-order valence-electron chi connectivity index (χ4n) is 4.07. The summed E-state index contributed by atoms with van der Waals surface area (Å²) in [7, 11) is -3.29. The maximum atomic E-state index is 12.2. The molecule has 0 aliphatic carbocycles. The van der Waals surface area contributed by atoms with E-state index in [-0.39, 0.29) is 0 Å². The molecule has 0 atom stereocenters. The highest BCUT2D eigenvalue weighted by atomic mass is 32.2. The summed E-state index contributed by atoms with van der Waals surface area (Å²) < 4.78 is 120. The van der Waals surface area contributed by atoms with Gasteiger partial charge in [0, 0.05) is 49.6 Å². The summed E-state index contributed by atoms with van der Waals surface area (Å²) in [6.45, 7) is 2.89. The fourth-order valence-corrected chi connectivity index (χ4v) is 4.98. The van der Waals surface area contributed by atoms with E-state index in [1.165, 1.54) is 6.26 Å². The molecule has 1 aliphatic heterocycles. The standard InChI is InChI=1S/C22H22N6O2S.3C2HF3O2/c1-31(29,30)21-5-3-2-4-20(21)27-8-10-28(11-9-27)22-18-12-16(17-13-25-26-14-17)6-7-19(18)23-15-24-22;3*3-2(4,5)1(6)7/h2-7,12-15H,8-11H2,1H3,(H,25,26);3*(H,6,7). The average molecular weight is 777 g/mol. The number of aliphatic carboxylic acids is 3. The maximum Gasteiger partial charge on any atom is 0.490 e. The maximum absolute atomic E-state index is 12.2. The van der Waals surface area contributed by atoms with E-state index in [0.29, 0.717) is 18.0 Å². The molecule has 1 fully saturated rings. The number of aromatic nitrogens is 4. The van der Waals surface area contributed by atoms with Gasteiger partial charge in [-0.15, -0.1) is 0 Å². The number of carbonyl (C=O) groups is 3. The van der Waals surface area contributed by atoms with Crippen LogP contribution in [-0.4, -0.2) is 113 Å². The first-order chi connectivity index (χ1) is 23.8. The monoisotopic (exact) mass is 776 g/mol. The molecule has 4 aromatic rings. The van der Waals surface area contributed by atoms with Gasteiger partial charge in [0.1, 0.15) is 12.1 Å². The second kappa shape index (κ2) is 17.0. The van der Waals surface area contributed by atoms with Crippen molar-refractivity contribution in [2.24, 2.45) is 0 Å². The lowest BCUT2D eigenvalue weighted by molar-refractivity contribution is -0.193. The molecule has 0 spiro atoms. The van der Waals surface area contributed by atoms with Gasteiger partial charge in [0.25, 0.3) is 0 Å². The number of para-hydroxylation sites is 1. The molecule has 1 saturated heterocycles. The van der Waals surface area contributed by atoms with Crippen LogP contribution in [0.3, 0.4) is 0 Å². The molecule has 1 aliphatic rings. The number of hydrogen-bond donors (Lipinski definition) is 4. The summed E-state index contributed by atoms with van der Waals surface area (Å²) in [6, 6.07) is 13.3. The second-order valence-electron chi connectivity index (χ2n) is 10.0. The van der Waals surface area contributed by atoms with Crippen LogP contribution in [0.5, 0.6) is 0 Å². The molecule has 24 heteroatoms. The van der Waals surface area contributed by atoms with Crippen LogP contribution in [0.1, 0.15) is 0 Å². The van der Waals surface area contributed by atoms with E-state index in [1.807, 2.05) is 30.5 Å². The number of fused-ring (bicyclic) bond motifs is 1. The summed E-state index contributed by atoms with van der Waals surface area (Å²) in [4.78, 5) is 40.4. The van der Waals surface area contributed by atoms with Crippen LogP contribution in [0.25, 0.3) is 22.0 Å². The second-order valence-corrected chi connectivity index (χ2v) is 12.0. The van der Waals surface area contributed by atoms with Gasteiger partial charge in [0.05, 0.1) is 22.3 Å². The third kappa shape index (κ3) is 12.6. The molecule has 0 unspecified atom stereocenters. The van der Waals surface area contributed by atoms with Gasteiger partial charge in [-0.3, -0.25) is 5.10 Å². The topological polar surface area (TPSA) is 207 Å². The van der Waals surface area contributed by atoms with E-state index >= 15 is 0 Å². The van der Waals surface area contributed by atoms with Crippen LogP contribution in [0.15, 0.2) is 66.1 Å². The summed E-state index contributed by atoms with van der Waals surface area (Å²) in [5, 5.41) is 29.3. The Labute approximate surface area is 286 Å². The van der Waals surface area contributed by atoms with Crippen LogP contribution >= 0.6 is 0 Å². The molecule has 284 valence electrons. The van der Waals surface area contributed by atoms with E-state index in [9.17, 15) is 47.9 Å². The Kier molecular flexibility index (Phi) is 13.9. The molecular weight excluding hydrogens is 751 g/mol. The van der Waals surface area contributed by atoms with Crippen molar-refractivity contribution < 1.29 is 77.6 Å². The summed E-state index contributed by atoms with van der Waals surface area (Å²) in [5.41, 5.74) is 3.72. The minimum atomic E-state index is -5.08. The molecule has 2 aromatic carbocycles. The molecule has 0 radical (unpaired) electrons. The van der Waals surface area contributed by atoms with Gasteiger partial charge >= 0.3 is 36.4 Å². The van der Waals surface area contributed by atoms with Crippen molar-refractivity contribution in [2.75, 3.05) is 42.2 Å². The number of halogens is 9. The fraction of sp³-hybridized carbons (Fsp3) is 0.286. The van der Waals surface area contributed by atoms with Gasteiger partial charge in [0.15, 0.2) is 9.84 Å². The van der Waals surface area contributed by atoms with Gasteiger partial charge in [-0.1, -0.05) is 18.2 Å². The quantitative estimate of drug-likeness (QED) is 0.209. The molecule has 0 bridgehead atoms. The van der Waals surface area contributed by atoms with Crippen molar-refractivity contribution in [2.45, 2.75) is 23.4 Å². The van der Waals surface area contributed by atoms with Gasteiger partial charge in [-0.05, 0) is 29.8 Å². The zero-order chi connectivity index (χ0) is 39.7. The van der Waals surface area contributed by atoms with Gasteiger partial charge in [-0.2, -0.15) is 44.6 Å². The average Bonchev–Trinajstić information content (AvgIpc) is 3.59. The Morgan fingerprint density at radius 1 is 0.731 bits per heavy atom. The van der Waals surface area contributed by atoms with Crippen molar-refractivity contribution in [3.63, 3.8) is 0 Å². The molecule has 0 amide bonds. The van der Waals surface area contributed by atoms with Gasteiger partial charge in [-0.25, -0.2) is 32.8 Å². The number of anilines is 2. The largest absolute Gasteiger partial charge is 0.490 e. The van der Waals surface area contributed by atoms with Crippen LogP contribution in [0.4, 0.5) is 51.0 Å². The highest BCUT2D eigenvalue weighted by molar-refractivity contribution is 7.90. The van der Waals surface area contributed by atoms with Crippen molar-refractivity contribution >= 4 is 50.2 Å². The Morgan fingerprint density at radius 3 is 1.65 bits per heavy atom. The SMILES string of the molecule is CS(=O)(=O)c1ccccc1N1CCN(c2ncnc3ccc(-c4cn[nH]c4)cc23)CC1.O=C(O)C(F)(F)F.O=C(O)C(F)(F)F.O=C(O)C(F)(F)F. The molecule has 3 heterocycles. The van der Waals surface area contributed by atoms with Crippen molar-refractivity contribution in [3.05, 3.63) is 61.2 Å². The third-order valence-corrected chi connectivity index (χ3v) is 7.50. The van der Waals surface area contributed by atoms with Crippen LogP contribution in [-0.2, 0) is 24.2 Å². The van der Waals surface area contributed by atoms with Crippen LogP contribution in [0.2, 0.25) is 0 Å². The Morgan fingerprint density at radius 2 is 1.21 bits per heavy atom. The Hall–Kier alpha value is -5.68. The van der Waals surface area contributed by atoms with Gasteiger partial charge in [0.2, 0.25) is 0 Å². The first kappa shape index (κ1) is 42.5. The number of benzene rings is 2. The number of H-pyrrole nitrogens is 1. The normalized spacial score (nSPS) is 13.4. The van der Waals surface area contributed by atoms with E-state index in [0.717, 1.165) is 46.6 Å². The number of carboxylic acid groups (broad SMARTS) is 3. The van der Waals surface area contributed by atoms with Crippen molar-refractivity contribution in [3.8, 4) is 11.1 Å².